The van der Waals surface area contributed by atoms with Gasteiger partial charge in [0.15, 0.2) is 0 Å². The van der Waals surface area contributed by atoms with Crippen LogP contribution in [0.1, 0.15) is 19.3 Å². The summed E-state index contributed by atoms with van der Waals surface area (Å²) >= 11 is 0. The van der Waals surface area contributed by atoms with Crippen LogP contribution in [-0.2, 0) is 32.3 Å². The summed E-state index contributed by atoms with van der Waals surface area (Å²) in [4.78, 5) is 10.1. The fraction of sp³-hybridized carbons (Fsp3) is 0.833. The van der Waals surface area contributed by atoms with Crippen LogP contribution in [0.3, 0.4) is 0 Å². The Morgan fingerprint density at radius 2 is 1.62 bits per heavy atom. The molecule has 0 spiro atoms. The normalized spacial score (nSPS) is 11.8. The second-order valence-corrected chi connectivity index (χ2v) is 3.57. The van der Waals surface area contributed by atoms with Gasteiger partial charge in [0, 0.05) is 17.1 Å². The molecule has 8 nitrogen and oxygen atoms in total. The average molecular weight is 300 g/mol. The van der Waals surface area contributed by atoms with Crippen molar-refractivity contribution in [3.63, 3.8) is 0 Å². The topological polar surface area (TPSA) is 164 Å². The summed E-state index contributed by atoms with van der Waals surface area (Å²) in [6.45, 7) is 0.604. The Morgan fingerprint density at radius 3 is 1.88 bits per heavy atom. The van der Waals surface area contributed by atoms with Crippen molar-refractivity contribution in [3.05, 3.63) is 0 Å². The molecule has 0 saturated carbocycles. The molecule has 0 aromatic carbocycles. The summed E-state index contributed by atoms with van der Waals surface area (Å²) in [6, 6.07) is -0.716. The van der Waals surface area contributed by atoms with E-state index in [1.165, 1.54) is 0 Å². The summed E-state index contributed by atoms with van der Waals surface area (Å²) < 4.78 is 31.6. The van der Waals surface area contributed by atoms with Gasteiger partial charge in [0.2, 0.25) is 0 Å². The second kappa shape index (κ2) is 11.3. The maximum absolute atomic E-state index is 10.1. The van der Waals surface area contributed by atoms with Crippen molar-refractivity contribution in [1.82, 2.24) is 0 Å². The fourth-order valence-corrected chi connectivity index (χ4v) is 0.632. The van der Waals surface area contributed by atoms with Crippen molar-refractivity contribution in [2.45, 2.75) is 25.3 Å². The SMILES string of the molecule is NCCCCC(N)C(=O)O.O=S(=O)(O)O.[Fe]. The van der Waals surface area contributed by atoms with Gasteiger partial charge < -0.3 is 16.6 Å². The molecule has 0 saturated heterocycles. The smallest absolute Gasteiger partial charge is 0.394 e. The molecule has 7 N–H and O–H groups in total. The monoisotopic (exact) mass is 300 g/mol. The molecule has 0 radical (unpaired) electrons. The predicted octanol–water partition coefficient (Wildman–Crippen LogP) is -1.13. The maximum Gasteiger partial charge on any atom is 0.394 e. The van der Waals surface area contributed by atoms with Gasteiger partial charge in [-0.3, -0.25) is 13.9 Å². The Bertz CT molecular complexity index is 262. The molecule has 0 aromatic heterocycles. The molecular formula is C6H16FeN2O6S. The van der Waals surface area contributed by atoms with E-state index < -0.39 is 22.4 Å². The number of aliphatic carboxylic acids is 1. The van der Waals surface area contributed by atoms with Gasteiger partial charge in [0.1, 0.15) is 6.04 Å². The minimum atomic E-state index is -4.67. The number of unbranched alkanes of at least 4 members (excludes halogenated alkanes) is 1. The molecule has 0 aliphatic carbocycles. The molecule has 0 aromatic rings. The second-order valence-electron chi connectivity index (χ2n) is 2.68. The summed E-state index contributed by atoms with van der Waals surface area (Å²) in [5.74, 6) is -0.933. The van der Waals surface area contributed by atoms with Crippen molar-refractivity contribution in [2.24, 2.45) is 11.5 Å². The van der Waals surface area contributed by atoms with Crippen LogP contribution >= 0.6 is 0 Å². The van der Waals surface area contributed by atoms with E-state index >= 15 is 0 Å². The van der Waals surface area contributed by atoms with E-state index in [2.05, 4.69) is 0 Å². The molecule has 0 fully saturated rings. The molecule has 0 aliphatic heterocycles. The zero-order valence-corrected chi connectivity index (χ0v) is 10.3. The van der Waals surface area contributed by atoms with Crippen LogP contribution in [0, 0.1) is 0 Å². The van der Waals surface area contributed by atoms with Gasteiger partial charge in [-0.25, -0.2) is 0 Å². The van der Waals surface area contributed by atoms with Gasteiger partial charge in [0.25, 0.3) is 0 Å². The molecule has 1 unspecified atom stereocenters. The summed E-state index contributed by atoms with van der Waals surface area (Å²) in [5, 5.41) is 8.33. The van der Waals surface area contributed by atoms with E-state index in [1.54, 1.807) is 0 Å². The third kappa shape index (κ3) is 29.2. The van der Waals surface area contributed by atoms with Gasteiger partial charge in [0.05, 0.1) is 0 Å². The zero-order chi connectivity index (χ0) is 12.5. The van der Waals surface area contributed by atoms with E-state index in [0.29, 0.717) is 13.0 Å². The van der Waals surface area contributed by atoms with Gasteiger partial charge in [-0.2, -0.15) is 8.42 Å². The Kier molecular flexibility index (Phi) is 14.9. The molecule has 0 heterocycles. The van der Waals surface area contributed by atoms with Gasteiger partial charge >= 0.3 is 16.4 Å². The first-order chi connectivity index (χ1) is 6.68. The number of hydrogen-bond acceptors (Lipinski definition) is 5. The first kappa shape index (κ1) is 21.1. The number of rotatable bonds is 5. The van der Waals surface area contributed by atoms with Gasteiger partial charge in [-0.1, -0.05) is 6.42 Å². The minimum absolute atomic E-state index is 0. The average Bonchev–Trinajstić information content (AvgIpc) is 2.01. The fourth-order valence-electron chi connectivity index (χ4n) is 0.632. The van der Waals surface area contributed by atoms with E-state index in [9.17, 15) is 4.79 Å². The Hall–Kier alpha value is -0.221. The zero-order valence-electron chi connectivity index (χ0n) is 8.39. The van der Waals surface area contributed by atoms with Gasteiger partial charge in [-0.15, -0.1) is 0 Å². The van der Waals surface area contributed by atoms with Crippen LogP contribution < -0.4 is 11.5 Å². The number of hydrogen-bond donors (Lipinski definition) is 5. The Labute approximate surface area is 104 Å². The van der Waals surface area contributed by atoms with Crippen molar-refractivity contribution in [2.75, 3.05) is 6.54 Å². The van der Waals surface area contributed by atoms with E-state index in [0.717, 1.165) is 12.8 Å². The molecule has 16 heavy (non-hydrogen) atoms. The van der Waals surface area contributed by atoms with Crippen LogP contribution in [-0.4, -0.2) is 41.2 Å². The number of carbonyl (C=O) groups is 1. The van der Waals surface area contributed by atoms with E-state index in [1.807, 2.05) is 0 Å². The van der Waals surface area contributed by atoms with Crippen LogP contribution in [0.15, 0.2) is 0 Å². The Balaban J connectivity index is -0.000000242. The minimum Gasteiger partial charge on any atom is -0.480 e. The summed E-state index contributed by atoms with van der Waals surface area (Å²) in [6.07, 6.45) is 2.16. The Morgan fingerprint density at radius 1 is 1.25 bits per heavy atom. The number of carboxylic acids is 1. The van der Waals surface area contributed by atoms with Gasteiger partial charge in [-0.05, 0) is 19.4 Å². The van der Waals surface area contributed by atoms with Crippen molar-refractivity contribution in [3.8, 4) is 0 Å². The third-order valence-electron chi connectivity index (χ3n) is 1.29. The molecule has 1 atom stereocenters. The number of nitrogens with two attached hydrogens (primary N) is 2. The quantitative estimate of drug-likeness (QED) is 0.242. The first-order valence-corrected chi connectivity index (χ1v) is 5.46. The predicted molar refractivity (Wildman–Crippen MR) is 52.7 cm³/mol. The van der Waals surface area contributed by atoms with Crippen LogP contribution in [0.5, 0.6) is 0 Å². The van der Waals surface area contributed by atoms with Crippen LogP contribution in [0.4, 0.5) is 0 Å². The van der Waals surface area contributed by atoms with E-state index in [-0.39, 0.29) is 17.1 Å². The van der Waals surface area contributed by atoms with Crippen molar-refractivity contribution < 1.29 is 44.5 Å². The maximum atomic E-state index is 10.1. The van der Waals surface area contributed by atoms with Crippen molar-refractivity contribution >= 4 is 16.4 Å². The van der Waals surface area contributed by atoms with E-state index in [4.69, 9.17) is 34.1 Å². The molecule has 0 amide bonds. The van der Waals surface area contributed by atoms with Crippen molar-refractivity contribution in [1.29, 1.82) is 0 Å². The van der Waals surface area contributed by atoms with Crippen LogP contribution in [0.2, 0.25) is 0 Å². The largest absolute Gasteiger partial charge is 0.480 e. The summed E-state index contributed by atoms with van der Waals surface area (Å²) in [5.41, 5.74) is 10.4. The molecule has 100 valence electrons. The molecule has 0 bridgehead atoms. The van der Waals surface area contributed by atoms with Crippen LogP contribution in [0.25, 0.3) is 0 Å². The third-order valence-corrected chi connectivity index (χ3v) is 1.29. The molecule has 10 heteroatoms. The molecular weight excluding hydrogens is 284 g/mol. The first-order valence-electron chi connectivity index (χ1n) is 4.06. The standard InChI is InChI=1S/C6H14N2O2.Fe.H2O4S/c7-4-2-1-3-5(8)6(9)10;;1-5(2,3)4/h5H,1-4,7-8H2,(H,9,10);;(H2,1,2,3,4). The molecule has 0 rings (SSSR count). The summed E-state index contributed by atoms with van der Waals surface area (Å²) in [7, 11) is -4.67. The molecule has 0 aliphatic rings. The number of carboxylic acid groups (broad SMARTS) is 1.